The third-order valence-corrected chi connectivity index (χ3v) is 10.9. The molecule has 11 rings (SSSR count). The zero-order valence-corrected chi connectivity index (χ0v) is 28.8. The Morgan fingerprint density at radius 2 is 0.811 bits per heavy atom. The van der Waals surface area contributed by atoms with Crippen LogP contribution in [0.15, 0.2) is 193 Å². The fourth-order valence-electron chi connectivity index (χ4n) is 8.79. The average molecular weight is 674 g/mol. The van der Waals surface area contributed by atoms with Gasteiger partial charge in [-0.25, -0.2) is 0 Å². The minimum Gasteiger partial charge on any atom is -0.456 e. The van der Waals surface area contributed by atoms with E-state index in [1.807, 2.05) is 18.5 Å². The summed E-state index contributed by atoms with van der Waals surface area (Å²) >= 11 is 0. The van der Waals surface area contributed by atoms with Crippen LogP contribution < -0.4 is 0 Å². The standard InChI is InChI=1S/C51H31NO/c1-2-14-32(15-3-1)47-39-21-8-10-23-41(39)50(42-24-11-9-22-40(42)47)44-25-12-26-45-51(44)43-28-27-33(30-46(43)53-45)48-35-17-4-6-19-37(35)49(34-16-13-29-52-31-34)38-20-7-5-18-36(38)48/h1-31H. The summed E-state index contributed by atoms with van der Waals surface area (Å²) in [6.07, 6.45) is 3.80. The second-order valence-electron chi connectivity index (χ2n) is 13.8. The van der Waals surface area contributed by atoms with E-state index in [1.165, 1.54) is 76.5 Å². The summed E-state index contributed by atoms with van der Waals surface area (Å²) in [5.74, 6) is 0. The van der Waals surface area contributed by atoms with E-state index in [4.69, 9.17) is 4.42 Å². The third kappa shape index (κ3) is 4.49. The number of furan rings is 1. The minimum atomic E-state index is 0.879. The smallest absolute Gasteiger partial charge is 0.136 e. The Morgan fingerprint density at radius 1 is 0.321 bits per heavy atom. The molecular weight excluding hydrogens is 643 g/mol. The number of rotatable bonds is 4. The highest BCUT2D eigenvalue weighted by Crippen LogP contribution is 2.48. The van der Waals surface area contributed by atoms with Crippen molar-refractivity contribution in [2.24, 2.45) is 0 Å². The van der Waals surface area contributed by atoms with Crippen LogP contribution in [0.5, 0.6) is 0 Å². The maximum Gasteiger partial charge on any atom is 0.136 e. The molecular formula is C51H31NO. The van der Waals surface area contributed by atoms with Gasteiger partial charge in [-0.3, -0.25) is 4.98 Å². The Hall–Kier alpha value is -7.03. The maximum atomic E-state index is 6.80. The molecule has 0 saturated heterocycles. The van der Waals surface area contributed by atoms with Gasteiger partial charge in [0.05, 0.1) is 0 Å². The lowest BCUT2D eigenvalue weighted by molar-refractivity contribution is 0.669. The van der Waals surface area contributed by atoms with Crippen LogP contribution in [0.2, 0.25) is 0 Å². The zero-order valence-electron chi connectivity index (χ0n) is 28.8. The molecule has 0 bridgehead atoms. The molecule has 2 heteroatoms. The second kappa shape index (κ2) is 11.8. The van der Waals surface area contributed by atoms with Crippen LogP contribution in [0.3, 0.4) is 0 Å². The van der Waals surface area contributed by atoms with Gasteiger partial charge in [-0.15, -0.1) is 0 Å². The molecule has 11 aromatic rings. The third-order valence-electron chi connectivity index (χ3n) is 10.9. The molecule has 0 unspecified atom stereocenters. The molecule has 9 aromatic carbocycles. The molecule has 2 nitrogen and oxygen atoms in total. The number of pyridine rings is 1. The fraction of sp³-hybridized carbons (Fsp3) is 0. The summed E-state index contributed by atoms with van der Waals surface area (Å²) in [6.45, 7) is 0. The molecule has 0 N–H and O–H groups in total. The molecule has 2 aromatic heterocycles. The first-order chi connectivity index (χ1) is 26.3. The number of nitrogens with zero attached hydrogens (tertiary/aromatic N) is 1. The Bertz CT molecular complexity index is 3100. The fourth-order valence-corrected chi connectivity index (χ4v) is 8.79. The van der Waals surface area contributed by atoms with Crippen molar-refractivity contribution in [2.45, 2.75) is 0 Å². The highest BCUT2D eigenvalue weighted by Gasteiger charge is 2.22. The predicted molar refractivity (Wildman–Crippen MR) is 223 cm³/mol. The molecule has 0 aliphatic rings. The van der Waals surface area contributed by atoms with Crippen molar-refractivity contribution in [1.82, 2.24) is 4.98 Å². The van der Waals surface area contributed by atoms with Crippen molar-refractivity contribution in [2.75, 3.05) is 0 Å². The van der Waals surface area contributed by atoms with Crippen molar-refractivity contribution in [3.63, 3.8) is 0 Å². The van der Waals surface area contributed by atoms with Gasteiger partial charge in [0, 0.05) is 28.7 Å². The molecule has 53 heavy (non-hydrogen) atoms. The first-order valence-corrected chi connectivity index (χ1v) is 18.1. The number of benzene rings is 9. The summed E-state index contributed by atoms with van der Waals surface area (Å²) in [5, 5.41) is 12.0. The zero-order chi connectivity index (χ0) is 34.9. The van der Waals surface area contributed by atoms with Gasteiger partial charge in [-0.05, 0) is 106 Å². The number of hydrogen-bond donors (Lipinski definition) is 0. The van der Waals surface area contributed by atoms with Gasteiger partial charge in [0.1, 0.15) is 11.2 Å². The van der Waals surface area contributed by atoms with Gasteiger partial charge < -0.3 is 4.42 Å². The molecule has 0 aliphatic heterocycles. The van der Waals surface area contributed by atoms with E-state index < -0.39 is 0 Å². The Morgan fingerprint density at radius 3 is 1.36 bits per heavy atom. The maximum absolute atomic E-state index is 6.80. The van der Waals surface area contributed by atoms with Crippen molar-refractivity contribution < 1.29 is 4.42 Å². The van der Waals surface area contributed by atoms with Crippen molar-refractivity contribution in [1.29, 1.82) is 0 Å². The van der Waals surface area contributed by atoms with Gasteiger partial charge in [0.15, 0.2) is 0 Å². The van der Waals surface area contributed by atoms with E-state index in [1.54, 1.807) is 0 Å². The van der Waals surface area contributed by atoms with E-state index in [0.717, 1.165) is 33.1 Å². The Balaban J connectivity index is 1.18. The molecule has 0 fully saturated rings. The van der Waals surface area contributed by atoms with E-state index >= 15 is 0 Å². The molecule has 0 aliphatic carbocycles. The van der Waals surface area contributed by atoms with E-state index in [-0.39, 0.29) is 0 Å². The average Bonchev–Trinajstić information content (AvgIpc) is 3.61. The largest absolute Gasteiger partial charge is 0.456 e. The summed E-state index contributed by atoms with van der Waals surface area (Å²) in [5.41, 5.74) is 11.3. The van der Waals surface area contributed by atoms with Gasteiger partial charge in [0.2, 0.25) is 0 Å². The summed E-state index contributed by atoms with van der Waals surface area (Å²) in [7, 11) is 0. The highest BCUT2D eigenvalue weighted by molar-refractivity contribution is 6.26. The Kier molecular flexibility index (Phi) is 6.59. The quantitative estimate of drug-likeness (QED) is 0.174. The van der Waals surface area contributed by atoms with Crippen LogP contribution in [0.25, 0.3) is 110 Å². The first-order valence-electron chi connectivity index (χ1n) is 18.1. The number of fused-ring (bicyclic) bond motifs is 7. The molecule has 0 amide bonds. The summed E-state index contributed by atoms with van der Waals surface area (Å²) in [6, 6.07) is 63.4. The Labute approximate surface area is 306 Å². The predicted octanol–water partition coefficient (Wildman–Crippen LogP) is 14.3. The van der Waals surface area contributed by atoms with Crippen LogP contribution in [0, 0.1) is 0 Å². The number of aromatic nitrogens is 1. The molecule has 0 spiro atoms. The molecule has 0 saturated carbocycles. The van der Waals surface area contributed by atoms with Crippen LogP contribution in [0.1, 0.15) is 0 Å². The van der Waals surface area contributed by atoms with Crippen molar-refractivity contribution >= 4 is 65.0 Å². The number of hydrogen-bond acceptors (Lipinski definition) is 2. The highest BCUT2D eigenvalue weighted by atomic mass is 16.3. The topological polar surface area (TPSA) is 26.0 Å². The van der Waals surface area contributed by atoms with Crippen LogP contribution in [-0.4, -0.2) is 4.98 Å². The van der Waals surface area contributed by atoms with Gasteiger partial charge in [0.25, 0.3) is 0 Å². The van der Waals surface area contributed by atoms with Gasteiger partial charge in [-0.2, -0.15) is 0 Å². The van der Waals surface area contributed by atoms with Gasteiger partial charge in [-0.1, -0.05) is 152 Å². The van der Waals surface area contributed by atoms with E-state index in [0.29, 0.717) is 0 Å². The van der Waals surface area contributed by atoms with Crippen LogP contribution in [-0.2, 0) is 0 Å². The lowest BCUT2D eigenvalue weighted by atomic mass is 9.84. The SMILES string of the molecule is c1ccc(-c2c3ccccc3c(-c3cccc4oc5cc(-c6c7ccccc7c(-c7cccnc7)c7ccccc67)ccc5c34)c3ccccc23)cc1. The van der Waals surface area contributed by atoms with Crippen molar-refractivity contribution in [3.8, 4) is 44.5 Å². The van der Waals surface area contributed by atoms with Crippen molar-refractivity contribution in [3.05, 3.63) is 188 Å². The molecule has 2 heterocycles. The van der Waals surface area contributed by atoms with Crippen LogP contribution in [0.4, 0.5) is 0 Å². The second-order valence-corrected chi connectivity index (χ2v) is 13.8. The molecule has 0 atom stereocenters. The minimum absolute atomic E-state index is 0.879. The van der Waals surface area contributed by atoms with E-state index in [9.17, 15) is 0 Å². The molecule has 246 valence electrons. The monoisotopic (exact) mass is 673 g/mol. The van der Waals surface area contributed by atoms with Gasteiger partial charge >= 0.3 is 0 Å². The summed E-state index contributed by atoms with van der Waals surface area (Å²) < 4.78 is 6.80. The lowest BCUT2D eigenvalue weighted by Crippen LogP contribution is -1.91. The normalized spacial score (nSPS) is 11.8. The molecule has 0 radical (unpaired) electrons. The lowest BCUT2D eigenvalue weighted by Gasteiger charge is -2.18. The first kappa shape index (κ1) is 29.7. The summed E-state index contributed by atoms with van der Waals surface area (Å²) in [4.78, 5) is 4.48. The van der Waals surface area contributed by atoms with E-state index in [2.05, 4.69) is 175 Å². The van der Waals surface area contributed by atoms with Crippen LogP contribution >= 0.6 is 0 Å².